The maximum atomic E-state index is 12.9. The molecule has 162 valence electrons. The van der Waals surface area contributed by atoms with Crippen molar-refractivity contribution in [3.8, 4) is 0 Å². The number of amides is 2. The second-order valence-corrected chi connectivity index (χ2v) is 8.17. The van der Waals surface area contributed by atoms with Crippen LogP contribution in [0.25, 0.3) is 0 Å². The Hall–Kier alpha value is -2.86. The van der Waals surface area contributed by atoms with Crippen LogP contribution in [0.5, 0.6) is 0 Å². The third-order valence-corrected chi connectivity index (χ3v) is 4.44. The van der Waals surface area contributed by atoms with Gasteiger partial charge in [0.15, 0.2) is 0 Å². The van der Waals surface area contributed by atoms with Gasteiger partial charge in [-0.2, -0.15) is 0 Å². The van der Waals surface area contributed by atoms with Gasteiger partial charge < -0.3 is 20.1 Å². The number of carbonyl (C=O) groups is 2. The summed E-state index contributed by atoms with van der Waals surface area (Å²) in [6, 6.07) is 18.1. The molecule has 0 aromatic heterocycles. The van der Waals surface area contributed by atoms with Gasteiger partial charge in [0.2, 0.25) is 0 Å². The van der Waals surface area contributed by atoms with Gasteiger partial charge >= 0.3 is 12.0 Å². The lowest BCUT2D eigenvalue weighted by molar-refractivity contribution is -0.157. The van der Waals surface area contributed by atoms with Crippen LogP contribution in [-0.2, 0) is 22.4 Å². The van der Waals surface area contributed by atoms with Crippen molar-refractivity contribution in [1.82, 2.24) is 10.2 Å². The molecule has 0 saturated heterocycles. The fourth-order valence-corrected chi connectivity index (χ4v) is 3.00. The van der Waals surface area contributed by atoms with E-state index < -0.39 is 23.6 Å². The third-order valence-electron chi connectivity index (χ3n) is 4.44. The second kappa shape index (κ2) is 11.4. The minimum atomic E-state index is -0.822. The van der Waals surface area contributed by atoms with E-state index in [0.29, 0.717) is 19.4 Å². The number of ether oxygens (including phenoxy) is 1. The number of urea groups is 1. The van der Waals surface area contributed by atoms with Crippen molar-refractivity contribution in [1.29, 1.82) is 0 Å². The Bertz CT molecular complexity index is 788. The summed E-state index contributed by atoms with van der Waals surface area (Å²) < 4.78 is 5.52. The zero-order valence-corrected chi connectivity index (χ0v) is 18.0. The molecule has 0 radical (unpaired) electrons. The van der Waals surface area contributed by atoms with E-state index in [1.807, 2.05) is 60.7 Å². The molecule has 30 heavy (non-hydrogen) atoms. The Kier molecular flexibility index (Phi) is 8.87. The molecule has 2 amide bonds. The molecule has 2 aromatic rings. The number of hydrogen-bond donors (Lipinski definition) is 2. The first-order valence-electron chi connectivity index (χ1n) is 10.3. The molecule has 0 aliphatic heterocycles. The van der Waals surface area contributed by atoms with Gasteiger partial charge in [-0.3, -0.25) is 0 Å². The Morgan fingerprint density at radius 2 is 1.53 bits per heavy atom. The molecule has 0 aliphatic carbocycles. The minimum absolute atomic E-state index is 0.155. The van der Waals surface area contributed by atoms with Gasteiger partial charge in [0.05, 0.1) is 6.61 Å². The van der Waals surface area contributed by atoms with Crippen molar-refractivity contribution >= 4 is 12.0 Å². The molecule has 0 bridgehead atoms. The zero-order chi connectivity index (χ0) is 22.0. The van der Waals surface area contributed by atoms with Gasteiger partial charge in [-0.1, -0.05) is 60.7 Å². The smallest absolute Gasteiger partial charge is 0.329 e. The summed E-state index contributed by atoms with van der Waals surface area (Å²) in [5, 5.41) is 12.2. The highest BCUT2D eigenvalue weighted by Crippen LogP contribution is 2.12. The third kappa shape index (κ3) is 8.25. The van der Waals surface area contributed by atoms with Crippen LogP contribution >= 0.6 is 0 Å². The van der Waals surface area contributed by atoms with Crippen LogP contribution in [0.2, 0.25) is 0 Å². The SMILES string of the molecule is CC(C)(C)OC(=O)[C@H](Cc1ccccc1)NC(=O)N(CCO)CCc1ccccc1. The molecular formula is C24H32N2O4. The summed E-state index contributed by atoms with van der Waals surface area (Å²) >= 11 is 0. The van der Waals surface area contributed by atoms with E-state index in [0.717, 1.165) is 11.1 Å². The van der Waals surface area contributed by atoms with E-state index in [1.54, 1.807) is 20.8 Å². The van der Waals surface area contributed by atoms with Crippen LogP contribution in [0, 0.1) is 0 Å². The molecule has 0 aliphatic rings. The lowest BCUT2D eigenvalue weighted by Gasteiger charge is -2.28. The summed E-state index contributed by atoms with van der Waals surface area (Å²) in [7, 11) is 0. The molecule has 0 spiro atoms. The van der Waals surface area contributed by atoms with Gasteiger partial charge in [-0.15, -0.1) is 0 Å². The summed E-state index contributed by atoms with van der Waals surface area (Å²) in [4.78, 5) is 27.2. The summed E-state index contributed by atoms with van der Waals surface area (Å²) in [5.41, 5.74) is 1.36. The number of aliphatic hydroxyl groups excluding tert-OH is 1. The topological polar surface area (TPSA) is 78.9 Å². The van der Waals surface area contributed by atoms with Gasteiger partial charge in [0.1, 0.15) is 11.6 Å². The molecule has 2 N–H and O–H groups in total. The Balaban J connectivity index is 2.09. The van der Waals surface area contributed by atoms with Crippen molar-refractivity contribution in [2.24, 2.45) is 0 Å². The number of hydrogen-bond acceptors (Lipinski definition) is 4. The second-order valence-electron chi connectivity index (χ2n) is 8.17. The van der Waals surface area contributed by atoms with Crippen LogP contribution in [0.3, 0.4) is 0 Å². The Labute approximate surface area is 178 Å². The molecule has 1 atom stereocenters. The maximum absolute atomic E-state index is 12.9. The predicted molar refractivity (Wildman–Crippen MR) is 117 cm³/mol. The van der Waals surface area contributed by atoms with Crippen molar-refractivity contribution in [2.45, 2.75) is 45.3 Å². The highest BCUT2D eigenvalue weighted by molar-refractivity contribution is 5.84. The summed E-state index contributed by atoms with van der Waals surface area (Å²) in [6.07, 6.45) is 0.983. The number of aliphatic hydroxyl groups is 1. The van der Waals surface area contributed by atoms with E-state index >= 15 is 0 Å². The molecule has 0 saturated carbocycles. The van der Waals surface area contributed by atoms with E-state index in [-0.39, 0.29) is 13.2 Å². The van der Waals surface area contributed by atoms with Gasteiger partial charge in [-0.25, -0.2) is 9.59 Å². The largest absolute Gasteiger partial charge is 0.458 e. The van der Waals surface area contributed by atoms with Gasteiger partial charge in [0, 0.05) is 19.5 Å². The van der Waals surface area contributed by atoms with E-state index in [4.69, 9.17) is 4.74 Å². The van der Waals surface area contributed by atoms with Crippen molar-refractivity contribution < 1.29 is 19.4 Å². The minimum Gasteiger partial charge on any atom is -0.458 e. The fraction of sp³-hybridized carbons (Fsp3) is 0.417. The van der Waals surface area contributed by atoms with Crippen LogP contribution in [0.15, 0.2) is 60.7 Å². The molecule has 6 nitrogen and oxygen atoms in total. The lowest BCUT2D eigenvalue weighted by atomic mass is 10.1. The number of nitrogens with one attached hydrogen (secondary N) is 1. The van der Waals surface area contributed by atoms with E-state index in [1.165, 1.54) is 4.90 Å². The highest BCUT2D eigenvalue weighted by Gasteiger charge is 2.28. The normalized spacial score (nSPS) is 12.1. The highest BCUT2D eigenvalue weighted by atomic mass is 16.6. The monoisotopic (exact) mass is 412 g/mol. The average molecular weight is 413 g/mol. The molecule has 0 heterocycles. The quantitative estimate of drug-likeness (QED) is 0.620. The maximum Gasteiger partial charge on any atom is 0.329 e. The first-order chi connectivity index (χ1) is 14.3. The van der Waals surface area contributed by atoms with Crippen molar-refractivity contribution in [3.05, 3.63) is 71.8 Å². The lowest BCUT2D eigenvalue weighted by Crippen LogP contribution is -2.51. The van der Waals surface area contributed by atoms with E-state index in [2.05, 4.69) is 5.32 Å². The molecule has 0 unspecified atom stereocenters. The summed E-state index contributed by atoms with van der Waals surface area (Å²) in [6.45, 7) is 5.85. The molecular weight excluding hydrogens is 380 g/mol. The van der Waals surface area contributed by atoms with Gasteiger partial charge in [0.25, 0.3) is 0 Å². The Morgan fingerprint density at radius 1 is 0.967 bits per heavy atom. The molecule has 6 heteroatoms. The number of carbonyl (C=O) groups excluding carboxylic acids is 2. The number of benzene rings is 2. The standard InChI is InChI=1S/C24H32N2O4/c1-24(2,3)30-22(28)21(18-20-12-8-5-9-13-20)25-23(29)26(16-17-27)15-14-19-10-6-4-7-11-19/h4-13,21,27H,14-18H2,1-3H3,(H,25,29)/t21-/m0/s1. The molecule has 0 fully saturated rings. The van der Waals surface area contributed by atoms with Crippen LogP contribution in [0.4, 0.5) is 4.79 Å². The van der Waals surface area contributed by atoms with E-state index in [9.17, 15) is 14.7 Å². The van der Waals surface area contributed by atoms with Crippen molar-refractivity contribution in [2.75, 3.05) is 19.7 Å². The molecule has 2 aromatic carbocycles. The summed E-state index contributed by atoms with van der Waals surface area (Å²) in [5.74, 6) is -0.480. The van der Waals surface area contributed by atoms with Crippen LogP contribution in [-0.4, -0.2) is 53.3 Å². The van der Waals surface area contributed by atoms with Crippen LogP contribution in [0.1, 0.15) is 31.9 Å². The first-order valence-corrected chi connectivity index (χ1v) is 10.3. The predicted octanol–water partition coefficient (Wildman–Crippen LogP) is 3.19. The number of nitrogens with zero attached hydrogens (tertiary/aromatic N) is 1. The molecule has 2 rings (SSSR count). The van der Waals surface area contributed by atoms with Gasteiger partial charge in [-0.05, 0) is 38.3 Å². The Morgan fingerprint density at radius 3 is 2.07 bits per heavy atom. The average Bonchev–Trinajstić information content (AvgIpc) is 2.70. The fourth-order valence-electron chi connectivity index (χ4n) is 3.00. The zero-order valence-electron chi connectivity index (χ0n) is 18.0. The first kappa shape index (κ1) is 23.4. The van der Waals surface area contributed by atoms with Crippen LogP contribution < -0.4 is 5.32 Å². The van der Waals surface area contributed by atoms with Crippen molar-refractivity contribution in [3.63, 3.8) is 0 Å². The number of esters is 1. The number of rotatable bonds is 9.